The van der Waals surface area contributed by atoms with Crippen LogP contribution >= 0.6 is 0 Å². The summed E-state index contributed by atoms with van der Waals surface area (Å²) in [6.07, 6.45) is 11.0. The monoisotopic (exact) mass is 389 g/mol. The fourth-order valence-electron chi connectivity index (χ4n) is 4.22. The predicted molar refractivity (Wildman–Crippen MR) is 109 cm³/mol. The van der Waals surface area contributed by atoms with Crippen LogP contribution in [0.5, 0.6) is 0 Å². The van der Waals surface area contributed by atoms with E-state index in [9.17, 15) is 4.79 Å². The highest BCUT2D eigenvalue weighted by molar-refractivity contribution is 5.93. The van der Waals surface area contributed by atoms with Crippen molar-refractivity contribution >= 4 is 5.91 Å². The Kier molecular flexibility index (Phi) is 8.70. The second-order valence-electron chi connectivity index (χ2n) is 7.93. The number of hydrogen-bond acceptors (Lipinski definition) is 5. The van der Waals surface area contributed by atoms with Crippen LogP contribution in [-0.2, 0) is 9.47 Å². The summed E-state index contributed by atoms with van der Waals surface area (Å²) in [6, 6.07) is 3.57. The molecule has 6 nitrogen and oxygen atoms in total. The van der Waals surface area contributed by atoms with Gasteiger partial charge in [0.1, 0.15) is 0 Å². The van der Waals surface area contributed by atoms with Crippen molar-refractivity contribution in [2.45, 2.75) is 57.7 Å². The molecule has 28 heavy (non-hydrogen) atoms. The summed E-state index contributed by atoms with van der Waals surface area (Å²) < 4.78 is 12.2. The van der Waals surface area contributed by atoms with Gasteiger partial charge >= 0.3 is 0 Å². The van der Waals surface area contributed by atoms with Crippen LogP contribution in [0.25, 0.3) is 0 Å². The maximum absolute atomic E-state index is 12.1. The normalized spacial score (nSPS) is 24.2. The topological polar surface area (TPSA) is 63.7 Å². The summed E-state index contributed by atoms with van der Waals surface area (Å²) in [5, 5.41) is 2.98. The van der Waals surface area contributed by atoms with E-state index in [1.807, 2.05) is 0 Å². The molecule has 1 amide bonds. The van der Waals surface area contributed by atoms with E-state index in [0.29, 0.717) is 24.1 Å². The van der Waals surface area contributed by atoms with Crippen LogP contribution in [-0.4, -0.2) is 67.4 Å². The van der Waals surface area contributed by atoms with Crippen molar-refractivity contribution in [2.24, 2.45) is 5.92 Å². The Labute approximate surface area is 169 Å². The molecule has 0 spiro atoms. The third-order valence-electron chi connectivity index (χ3n) is 5.91. The molecule has 1 saturated carbocycles. The molecule has 0 aromatic carbocycles. The van der Waals surface area contributed by atoms with Crippen LogP contribution in [0.15, 0.2) is 24.5 Å². The quantitative estimate of drug-likeness (QED) is 0.704. The second kappa shape index (κ2) is 11.5. The number of carbonyl (C=O) groups is 1. The van der Waals surface area contributed by atoms with Crippen molar-refractivity contribution in [2.75, 3.05) is 39.4 Å². The zero-order valence-electron chi connectivity index (χ0n) is 17.1. The van der Waals surface area contributed by atoms with Gasteiger partial charge in [0.2, 0.25) is 0 Å². The molecule has 156 valence electrons. The van der Waals surface area contributed by atoms with Crippen molar-refractivity contribution in [1.82, 2.24) is 15.2 Å². The Bertz CT molecular complexity index is 574. The highest BCUT2D eigenvalue weighted by atomic mass is 16.5. The molecule has 2 heterocycles. The Hall–Kier alpha value is -1.50. The number of nitrogens with one attached hydrogen (secondary N) is 1. The molecule has 6 heteroatoms. The van der Waals surface area contributed by atoms with Crippen molar-refractivity contribution in [3.63, 3.8) is 0 Å². The fourth-order valence-corrected chi connectivity index (χ4v) is 4.22. The van der Waals surface area contributed by atoms with Crippen molar-refractivity contribution in [1.29, 1.82) is 0 Å². The summed E-state index contributed by atoms with van der Waals surface area (Å²) >= 11 is 0. The van der Waals surface area contributed by atoms with Crippen LogP contribution in [0.2, 0.25) is 0 Å². The van der Waals surface area contributed by atoms with Gasteiger partial charge in [-0.05, 0) is 63.7 Å². The summed E-state index contributed by atoms with van der Waals surface area (Å²) in [4.78, 5) is 18.5. The molecule has 0 radical (unpaired) electrons. The number of carbonyl (C=O) groups excluding carboxylic acids is 1. The minimum atomic E-state index is -0.0484. The van der Waals surface area contributed by atoms with Gasteiger partial charge in [0.15, 0.2) is 0 Å². The SMILES string of the molecule is CCO[C@H]1CCCCC1OCC1CCN(CCNC(=O)c2cccnc2)CC1. The second-order valence-corrected chi connectivity index (χ2v) is 7.93. The third-order valence-corrected chi connectivity index (χ3v) is 5.91. The zero-order valence-corrected chi connectivity index (χ0v) is 17.1. The van der Waals surface area contributed by atoms with Crippen LogP contribution in [0.3, 0.4) is 0 Å². The van der Waals surface area contributed by atoms with E-state index in [2.05, 4.69) is 22.1 Å². The molecule has 1 aliphatic carbocycles. The maximum Gasteiger partial charge on any atom is 0.252 e. The lowest BCUT2D eigenvalue weighted by atomic mass is 9.93. The summed E-state index contributed by atoms with van der Waals surface area (Å²) in [5.41, 5.74) is 0.617. The first-order valence-corrected chi connectivity index (χ1v) is 10.9. The van der Waals surface area contributed by atoms with Crippen LogP contribution in [0.1, 0.15) is 55.8 Å². The molecule has 1 saturated heterocycles. The van der Waals surface area contributed by atoms with Gasteiger partial charge in [-0.15, -0.1) is 0 Å². The summed E-state index contributed by atoms with van der Waals surface area (Å²) in [5.74, 6) is 0.596. The highest BCUT2D eigenvalue weighted by Gasteiger charge is 2.28. The van der Waals surface area contributed by atoms with Gasteiger partial charge in [-0.25, -0.2) is 0 Å². The minimum absolute atomic E-state index is 0.0484. The van der Waals surface area contributed by atoms with Crippen LogP contribution < -0.4 is 5.32 Å². The first-order valence-electron chi connectivity index (χ1n) is 10.9. The van der Waals surface area contributed by atoms with E-state index in [1.54, 1.807) is 24.5 Å². The van der Waals surface area contributed by atoms with E-state index in [4.69, 9.17) is 9.47 Å². The number of piperidine rings is 1. The largest absolute Gasteiger partial charge is 0.376 e. The standard InChI is InChI=1S/C22H35N3O3/c1-2-27-20-7-3-4-8-21(20)28-17-18-9-13-25(14-10-18)15-12-24-22(26)19-6-5-11-23-16-19/h5-6,11,16,18,20-21H,2-4,7-10,12-15,17H2,1H3,(H,24,26)/t20-,21?/m0/s1. The molecule has 1 aromatic heterocycles. The van der Waals surface area contributed by atoms with Gasteiger partial charge in [-0.3, -0.25) is 9.78 Å². The number of hydrogen-bond donors (Lipinski definition) is 1. The van der Waals surface area contributed by atoms with Crippen LogP contribution in [0.4, 0.5) is 0 Å². The van der Waals surface area contributed by atoms with Crippen molar-refractivity contribution in [3.05, 3.63) is 30.1 Å². The van der Waals surface area contributed by atoms with Gasteiger partial charge in [0.05, 0.1) is 17.8 Å². The van der Waals surface area contributed by atoms with E-state index in [1.165, 1.54) is 25.7 Å². The molecular weight excluding hydrogens is 354 g/mol. The van der Waals surface area contributed by atoms with E-state index >= 15 is 0 Å². The number of aromatic nitrogens is 1. The first-order chi connectivity index (χ1) is 13.8. The Morgan fingerprint density at radius 2 is 1.93 bits per heavy atom. The fraction of sp³-hybridized carbons (Fsp3) is 0.727. The van der Waals surface area contributed by atoms with E-state index in [0.717, 1.165) is 45.7 Å². The minimum Gasteiger partial charge on any atom is -0.376 e. The van der Waals surface area contributed by atoms with Crippen LogP contribution in [0, 0.1) is 5.92 Å². The number of pyridine rings is 1. The Morgan fingerprint density at radius 3 is 2.61 bits per heavy atom. The molecule has 1 unspecified atom stereocenters. The molecular formula is C22H35N3O3. The molecule has 1 N–H and O–H groups in total. The summed E-state index contributed by atoms with van der Waals surface area (Å²) in [6.45, 7) is 7.44. The summed E-state index contributed by atoms with van der Waals surface area (Å²) in [7, 11) is 0. The number of rotatable bonds is 9. The lowest BCUT2D eigenvalue weighted by Crippen LogP contribution is -2.41. The average molecular weight is 390 g/mol. The lowest BCUT2D eigenvalue weighted by molar-refractivity contribution is -0.0997. The first kappa shape index (κ1) is 21.2. The number of likely N-dealkylation sites (tertiary alicyclic amines) is 1. The van der Waals surface area contributed by atoms with Gasteiger partial charge in [0.25, 0.3) is 5.91 Å². The van der Waals surface area contributed by atoms with Gasteiger partial charge in [-0.2, -0.15) is 0 Å². The third kappa shape index (κ3) is 6.54. The predicted octanol–water partition coefficient (Wildman–Crippen LogP) is 2.89. The zero-order chi connectivity index (χ0) is 19.6. The maximum atomic E-state index is 12.1. The van der Waals surface area contributed by atoms with E-state index < -0.39 is 0 Å². The molecule has 2 aliphatic rings. The number of amides is 1. The molecule has 0 bridgehead atoms. The van der Waals surface area contributed by atoms with Crippen molar-refractivity contribution < 1.29 is 14.3 Å². The van der Waals surface area contributed by atoms with Gasteiger partial charge in [0, 0.05) is 38.7 Å². The number of nitrogens with zero attached hydrogens (tertiary/aromatic N) is 2. The molecule has 2 fully saturated rings. The molecule has 1 aliphatic heterocycles. The number of ether oxygens (including phenoxy) is 2. The Balaban J connectivity index is 1.29. The van der Waals surface area contributed by atoms with E-state index in [-0.39, 0.29) is 12.0 Å². The lowest BCUT2D eigenvalue weighted by Gasteiger charge is -2.35. The van der Waals surface area contributed by atoms with Crippen molar-refractivity contribution in [3.8, 4) is 0 Å². The van der Waals surface area contributed by atoms with Gasteiger partial charge < -0.3 is 19.7 Å². The van der Waals surface area contributed by atoms with Gasteiger partial charge in [-0.1, -0.05) is 12.8 Å². The molecule has 2 atom stereocenters. The Morgan fingerprint density at radius 1 is 1.18 bits per heavy atom. The molecule has 1 aromatic rings. The smallest absolute Gasteiger partial charge is 0.252 e. The highest BCUT2D eigenvalue weighted by Crippen LogP contribution is 2.26. The average Bonchev–Trinajstić information content (AvgIpc) is 2.75. The molecule has 3 rings (SSSR count).